The van der Waals surface area contributed by atoms with Crippen molar-refractivity contribution in [3.8, 4) is 16.8 Å². The van der Waals surface area contributed by atoms with E-state index in [1.165, 1.54) is 15.2 Å². The van der Waals surface area contributed by atoms with Gasteiger partial charge in [-0.25, -0.2) is 14.4 Å². The third-order valence-corrected chi connectivity index (χ3v) is 8.62. The van der Waals surface area contributed by atoms with Crippen LogP contribution < -0.4 is 15.9 Å². The number of aryl methyl sites for hydroxylation is 1. The largest absolute Gasteiger partial charge is 0.478 e. The number of para-hydroxylation sites is 1. The summed E-state index contributed by atoms with van der Waals surface area (Å²) in [5.74, 6) is -2.51. The molecule has 0 saturated carbocycles. The highest BCUT2D eigenvalue weighted by atomic mass is 19.4. The molecule has 7 rings (SSSR count). The number of alkyl halides is 3. The van der Waals surface area contributed by atoms with Crippen LogP contribution in [0.5, 0.6) is 0 Å². The first-order chi connectivity index (χ1) is 24.2. The molecule has 0 radical (unpaired) electrons. The Morgan fingerprint density at radius 1 is 0.863 bits per heavy atom. The van der Waals surface area contributed by atoms with Crippen molar-refractivity contribution in [1.82, 2.24) is 24.4 Å². The number of nitrogens with one attached hydrogen (secondary N) is 1. The number of halogens is 3. The molecule has 3 N–H and O–H groups in total. The van der Waals surface area contributed by atoms with Crippen molar-refractivity contribution >= 4 is 50.5 Å². The van der Waals surface area contributed by atoms with Crippen LogP contribution in [0.25, 0.3) is 49.7 Å². The standard InChI is InChI=1S/C33H29F3N6O.C4H4O4/c1-19-17-41(18-20(2)39-19)29-11-9-24(14-26(29)33(34,35)36)42-31-25-13-21(23-12-22-6-4-5-7-27(22)37-15-23)8-10-28(25)38-16-30(31)40(3)32(42)43;5-3(6)1-2-4(7)8/h4-16,19-20,39H,17-18H2,1-3H3;1-2H,(H,5,6)(H,7,8). The zero-order valence-electron chi connectivity index (χ0n) is 27.7. The predicted molar refractivity (Wildman–Crippen MR) is 188 cm³/mol. The number of pyridine rings is 2. The van der Waals surface area contributed by atoms with Gasteiger partial charge < -0.3 is 20.4 Å². The molecule has 11 nitrogen and oxygen atoms in total. The third kappa shape index (κ3) is 7.17. The van der Waals surface area contributed by atoms with Crippen molar-refractivity contribution in [2.75, 3.05) is 18.0 Å². The van der Waals surface area contributed by atoms with Crippen molar-refractivity contribution in [2.45, 2.75) is 32.1 Å². The van der Waals surface area contributed by atoms with Gasteiger partial charge in [0.05, 0.1) is 39.5 Å². The van der Waals surface area contributed by atoms with E-state index in [1.807, 2.05) is 62.4 Å². The fourth-order valence-corrected chi connectivity index (χ4v) is 6.48. The van der Waals surface area contributed by atoms with E-state index in [4.69, 9.17) is 10.2 Å². The lowest BCUT2D eigenvalue weighted by molar-refractivity contribution is -0.137. The van der Waals surface area contributed by atoms with Gasteiger partial charge in [0.15, 0.2) is 0 Å². The van der Waals surface area contributed by atoms with Crippen LogP contribution in [0.3, 0.4) is 0 Å². The second-order valence-electron chi connectivity index (χ2n) is 12.4. The first-order valence-electron chi connectivity index (χ1n) is 15.9. The van der Waals surface area contributed by atoms with E-state index in [2.05, 4.69) is 15.3 Å². The van der Waals surface area contributed by atoms with E-state index < -0.39 is 29.4 Å². The Hall–Kier alpha value is -6.02. The Morgan fingerprint density at radius 3 is 2.20 bits per heavy atom. The fourth-order valence-electron chi connectivity index (χ4n) is 6.48. The van der Waals surface area contributed by atoms with Gasteiger partial charge in [-0.3, -0.25) is 19.1 Å². The Bertz CT molecular complexity index is 2370. The molecule has 3 aromatic heterocycles. The predicted octanol–water partition coefficient (Wildman–Crippen LogP) is 6.01. The topological polar surface area (TPSA) is 143 Å². The summed E-state index contributed by atoms with van der Waals surface area (Å²) in [6.45, 7) is 4.82. The van der Waals surface area contributed by atoms with E-state index in [0.717, 1.165) is 28.1 Å². The Morgan fingerprint density at radius 2 is 1.53 bits per heavy atom. The number of hydrogen-bond donors (Lipinski definition) is 3. The van der Waals surface area contributed by atoms with E-state index >= 15 is 0 Å². The van der Waals surface area contributed by atoms with Crippen LogP contribution in [0.15, 0.2) is 96.1 Å². The molecule has 1 aliphatic heterocycles. The molecule has 2 unspecified atom stereocenters. The zero-order valence-corrected chi connectivity index (χ0v) is 27.7. The number of carbonyl (C=O) groups is 2. The van der Waals surface area contributed by atoms with Crippen LogP contribution >= 0.6 is 0 Å². The summed E-state index contributed by atoms with van der Waals surface area (Å²) in [6.07, 6.45) is -0.113. The fraction of sp³-hybridized carbons (Fsp3) is 0.216. The summed E-state index contributed by atoms with van der Waals surface area (Å²) >= 11 is 0. The minimum atomic E-state index is -4.61. The summed E-state index contributed by atoms with van der Waals surface area (Å²) in [5, 5.41) is 20.6. The van der Waals surface area contributed by atoms with Gasteiger partial charge in [0.2, 0.25) is 0 Å². The molecular formula is C37H33F3N6O5. The van der Waals surface area contributed by atoms with Crippen LogP contribution in [0.1, 0.15) is 19.4 Å². The average Bonchev–Trinajstić information content (AvgIpc) is 3.35. The molecule has 51 heavy (non-hydrogen) atoms. The Balaban J connectivity index is 0.000000503. The summed E-state index contributed by atoms with van der Waals surface area (Å²) in [4.78, 5) is 43.7. The van der Waals surface area contributed by atoms with Gasteiger partial charge in [0.25, 0.3) is 0 Å². The van der Waals surface area contributed by atoms with Crippen molar-refractivity contribution in [2.24, 2.45) is 7.05 Å². The highest BCUT2D eigenvalue weighted by Crippen LogP contribution is 2.39. The number of nitrogens with zero attached hydrogens (tertiary/aromatic N) is 5. The molecule has 14 heteroatoms. The lowest BCUT2D eigenvalue weighted by Crippen LogP contribution is -2.54. The number of carboxylic acids is 2. The van der Waals surface area contributed by atoms with Gasteiger partial charge in [-0.2, -0.15) is 13.2 Å². The Labute approximate surface area is 288 Å². The van der Waals surface area contributed by atoms with Crippen LogP contribution in [-0.4, -0.2) is 66.4 Å². The average molecular weight is 699 g/mol. The summed E-state index contributed by atoms with van der Waals surface area (Å²) in [7, 11) is 1.61. The summed E-state index contributed by atoms with van der Waals surface area (Å²) in [6, 6.07) is 19.8. The SMILES string of the molecule is CC1CN(c2ccc(-n3c(=O)n(C)c4cnc5ccc(-c6cnc7ccccc7c6)cc5c43)cc2C(F)(F)F)CC(C)N1.O=C(O)C=CC(=O)O. The highest BCUT2D eigenvalue weighted by Gasteiger charge is 2.37. The molecule has 3 aromatic carbocycles. The molecular weight excluding hydrogens is 665 g/mol. The first-order valence-corrected chi connectivity index (χ1v) is 15.9. The molecule has 6 aromatic rings. The molecule has 1 aliphatic rings. The van der Waals surface area contributed by atoms with Crippen LogP contribution in [0, 0.1) is 0 Å². The number of carboxylic acid groups (broad SMARTS) is 2. The molecule has 1 saturated heterocycles. The van der Waals surface area contributed by atoms with Crippen molar-refractivity contribution in [3.05, 3.63) is 107 Å². The number of anilines is 1. The highest BCUT2D eigenvalue weighted by molar-refractivity contribution is 6.05. The van der Waals surface area contributed by atoms with Gasteiger partial charge >= 0.3 is 23.8 Å². The van der Waals surface area contributed by atoms with E-state index in [0.29, 0.717) is 47.2 Å². The maximum atomic E-state index is 14.6. The number of rotatable bonds is 5. The normalized spacial score (nSPS) is 16.5. The Kier molecular flexibility index (Phi) is 9.36. The van der Waals surface area contributed by atoms with Crippen LogP contribution in [0.2, 0.25) is 0 Å². The van der Waals surface area contributed by atoms with Gasteiger partial charge in [0, 0.05) is 72.6 Å². The molecule has 0 spiro atoms. The number of aromatic nitrogens is 4. The second kappa shape index (κ2) is 13.7. The van der Waals surface area contributed by atoms with Gasteiger partial charge in [-0.1, -0.05) is 24.3 Å². The summed E-state index contributed by atoms with van der Waals surface area (Å²) < 4.78 is 46.5. The van der Waals surface area contributed by atoms with Crippen molar-refractivity contribution in [3.63, 3.8) is 0 Å². The van der Waals surface area contributed by atoms with Crippen LogP contribution in [0.4, 0.5) is 18.9 Å². The van der Waals surface area contributed by atoms with Crippen LogP contribution in [-0.2, 0) is 22.8 Å². The number of hydrogen-bond acceptors (Lipinski definition) is 7. The first kappa shape index (κ1) is 34.8. The molecule has 4 heterocycles. The maximum Gasteiger partial charge on any atom is 0.418 e. The number of imidazole rings is 1. The minimum Gasteiger partial charge on any atom is -0.478 e. The number of piperazine rings is 1. The summed E-state index contributed by atoms with van der Waals surface area (Å²) in [5.41, 5.74) is 3.30. The quantitative estimate of drug-likeness (QED) is 0.185. The van der Waals surface area contributed by atoms with E-state index in [9.17, 15) is 27.6 Å². The molecule has 0 bridgehead atoms. The van der Waals surface area contributed by atoms with Gasteiger partial charge in [-0.05, 0) is 61.9 Å². The lowest BCUT2D eigenvalue weighted by Gasteiger charge is -2.38. The smallest absolute Gasteiger partial charge is 0.418 e. The third-order valence-electron chi connectivity index (χ3n) is 8.62. The monoisotopic (exact) mass is 698 g/mol. The van der Waals surface area contributed by atoms with Crippen molar-refractivity contribution in [1.29, 1.82) is 0 Å². The van der Waals surface area contributed by atoms with E-state index in [1.54, 1.807) is 30.4 Å². The van der Waals surface area contributed by atoms with Crippen molar-refractivity contribution < 1.29 is 33.0 Å². The molecule has 1 fully saturated rings. The van der Waals surface area contributed by atoms with Gasteiger partial charge in [0.1, 0.15) is 0 Å². The maximum absolute atomic E-state index is 14.6. The van der Waals surface area contributed by atoms with E-state index in [-0.39, 0.29) is 23.5 Å². The number of fused-ring (bicyclic) bond motifs is 4. The minimum absolute atomic E-state index is 0.0380. The van der Waals surface area contributed by atoms with Gasteiger partial charge in [-0.15, -0.1) is 0 Å². The number of aliphatic carboxylic acids is 2. The molecule has 0 aliphatic carbocycles. The zero-order chi connectivity index (χ0) is 36.6. The second-order valence-corrected chi connectivity index (χ2v) is 12.4. The molecule has 0 amide bonds. The lowest BCUT2D eigenvalue weighted by atomic mass is 10.0. The number of benzene rings is 3. The molecule has 262 valence electrons. The molecule has 2 atom stereocenters.